The molecule has 1 aliphatic rings. The third-order valence-electron chi connectivity index (χ3n) is 2.86. The summed E-state index contributed by atoms with van der Waals surface area (Å²) in [4.78, 5) is 21.7. The maximum atomic E-state index is 11.4. The predicted octanol–water partition coefficient (Wildman–Crippen LogP) is 1.61. The first kappa shape index (κ1) is 13.9. The van der Waals surface area contributed by atoms with E-state index in [4.69, 9.17) is 9.84 Å². The summed E-state index contributed by atoms with van der Waals surface area (Å²) in [6, 6.07) is 7.64. The molecule has 1 atom stereocenters. The molecule has 0 saturated heterocycles. The largest absolute Gasteiger partial charge is 0.485 e. The van der Waals surface area contributed by atoms with Gasteiger partial charge in [-0.15, -0.1) is 0 Å². The Hall–Kier alpha value is -2.56. The van der Waals surface area contributed by atoms with E-state index in [0.717, 1.165) is 16.9 Å². The molecule has 2 N–H and O–H groups in total. The Labute approximate surface area is 116 Å². The minimum Gasteiger partial charge on any atom is -0.485 e. The van der Waals surface area contributed by atoms with E-state index in [9.17, 15) is 9.59 Å². The molecule has 0 bridgehead atoms. The number of carboxylic acid groups (broad SMARTS) is 1. The fourth-order valence-corrected chi connectivity index (χ4v) is 1.84. The van der Waals surface area contributed by atoms with Crippen molar-refractivity contribution in [2.75, 3.05) is 6.54 Å². The predicted molar refractivity (Wildman–Crippen MR) is 74.3 cm³/mol. The van der Waals surface area contributed by atoms with Gasteiger partial charge in [-0.05, 0) is 30.7 Å². The number of aliphatic carboxylic acids is 1. The number of fused-ring (bicyclic) bond motifs is 1. The molecule has 1 aromatic rings. The van der Waals surface area contributed by atoms with Crippen molar-refractivity contribution in [3.8, 4) is 5.75 Å². The van der Waals surface area contributed by atoms with Crippen LogP contribution in [0.25, 0.3) is 6.08 Å². The standard InChI is InChI=1S/C15H15NO4/c1-10-11(6-7-14(17)16-9-15(18)19)8-12-4-2-3-5-13(12)20-10/h2-8,10H,9H2,1H3,(H,16,17)(H,18,19). The van der Waals surface area contributed by atoms with Crippen LogP contribution in [0.3, 0.4) is 0 Å². The number of nitrogens with one attached hydrogen (secondary N) is 1. The number of para-hydroxylation sites is 1. The maximum absolute atomic E-state index is 11.4. The molecule has 1 aliphatic heterocycles. The normalized spacial score (nSPS) is 17.1. The van der Waals surface area contributed by atoms with E-state index in [-0.39, 0.29) is 6.10 Å². The lowest BCUT2D eigenvalue weighted by atomic mass is 10.0. The van der Waals surface area contributed by atoms with Crippen LogP contribution < -0.4 is 10.1 Å². The van der Waals surface area contributed by atoms with E-state index in [1.807, 2.05) is 37.3 Å². The van der Waals surface area contributed by atoms with Gasteiger partial charge in [-0.3, -0.25) is 9.59 Å². The molecule has 2 rings (SSSR count). The van der Waals surface area contributed by atoms with Gasteiger partial charge >= 0.3 is 5.97 Å². The zero-order valence-corrected chi connectivity index (χ0v) is 11.0. The first-order chi connectivity index (χ1) is 9.56. The molecule has 1 aromatic carbocycles. The molecule has 5 heteroatoms. The molecule has 1 amide bonds. The summed E-state index contributed by atoms with van der Waals surface area (Å²) in [7, 11) is 0. The molecule has 20 heavy (non-hydrogen) atoms. The Morgan fingerprint density at radius 3 is 2.90 bits per heavy atom. The van der Waals surface area contributed by atoms with Crippen LogP contribution >= 0.6 is 0 Å². The second kappa shape index (κ2) is 6.06. The fourth-order valence-electron chi connectivity index (χ4n) is 1.84. The van der Waals surface area contributed by atoms with E-state index < -0.39 is 18.4 Å². The summed E-state index contributed by atoms with van der Waals surface area (Å²) in [6.07, 6.45) is 4.73. The van der Waals surface area contributed by atoms with E-state index in [1.165, 1.54) is 6.08 Å². The van der Waals surface area contributed by atoms with Gasteiger partial charge in [0.15, 0.2) is 0 Å². The topological polar surface area (TPSA) is 75.6 Å². The number of carbonyl (C=O) groups excluding carboxylic acids is 1. The van der Waals surface area contributed by atoms with Crippen molar-refractivity contribution in [1.82, 2.24) is 5.32 Å². The highest BCUT2D eigenvalue weighted by Gasteiger charge is 2.16. The minimum absolute atomic E-state index is 0.159. The molecule has 0 spiro atoms. The van der Waals surface area contributed by atoms with Gasteiger partial charge in [0.25, 0.3) is 0 Å². The quantitative estimate of drug-likeness (QED) is 0.817. The smallest absolute Gasteiger partial charge is 0.322 e. The van der Waals surface area contributed by atoms with Crippen LogP contribution in [0.4, 0.5) is 0 Å². The number of carboxylic acids is 1. The number of rotatable bonds is 4. The average molecular weight is 273 g/mol. The lowest BCUT2D eigenvalue weighted by Gasteiger charge is -2.22. The second-order valence-corrected chi connectivity index (χ2v) is 4.39. The van der Waals surface area contributed by atoms with Crippen LogP contribution in [0, 0.1) is 0 Å². The van der Waals surface area contributed by atoms with E-state index >= 15 is 0 Å². The molecule has 1 unspecified atom stereocenters. The number of hydrogen-bond donors (Lipinski definition) is 2. The van der Waals surface area contributed by atoms with Crippen molar-refractivity contribution < 1.29 is 19.4 Å². The molecule has 0 saturated carbocycles. The number of ether oxygens (including phenoxy) is 1. The summed E-state index contributed by atoms with van der Waals surface area (Å²) >= 11 is 0. The van der Waals surface area contributed by atoms with Crippen LogP contribution in [0.1, 0.15) is 12.5 Å². The molecule has 5 nitrogen and oxygen atoms in total. The van der Waals surface area contributed by atoms with Crippen molar-refractivity contribution in [3.63, 3.8) is 0 Å². The lowest BCUT2D eigenvalue weighted by molar-refractivity contribution is -0.137. The minimum atomic E-state index is -1.07. The number of carbonyl (C=O) groups is 2. The average Bonchev–Trinajstić information content (AvgIpc) is 2.42. The first-order valence-electron chi connectivity index (χ1n) is 6.21. The lowest BCUT2D eigenvalue weighted by Crippen LogP contribution is -2.27. The van der Waals surface area contributed by atoms with Gasteiger partial charge in [0.05, 0.1) is 0 Å². The molecule has 104 valence electrons. The SMILES string of the molecule is CC1Oc2ccccc2C=C1C=CC(=O)NCC(=O)O. The molecule has 0 aliphatic carbocycles. The molecule has 0 fully saturated rings. The molecule has 0 radical (unpaired) electrons. The van der Waals surface area contributed by atoms with Gasteiger partial charge in [-0.1, -0.05) is 18.2 Å². The zero-order chi connectivity index (χ0) is 14.5. The highest BCUT2D eigenvalue weighted by Crippen LogP contribution is 2.29. The van der Waals surface area contributed by atoms with Crippen molar-refractivity contribution in [3.05, 3.63) is 47.6 Å². The van der Waals surface area contributed by atoms with Crippen LogP contribution in [0.5, 0.6) is 5.75 Å². The number of hydrogen-bond acceptors (Lipinski definition) is 3. The monoisotopic (exact) mass is 273 g/mol. The Balaban J connectivity index is 2.07. The first-order valence-corrected chi connectivity index (χ1v) is 6.21. The summed E-state index contributed by atoms with van der Waals surface area (Å²) in [5, 5.41) is 10.7. The summed E-state index contributed by atoms with van der Waals surface area (Å²) < 4.78 is 5.73. The third kappa shape index (κ3) is 3.47. The van der Waals surface area contributed by atoms with Gasteiger partial charge in [0, 0.05) is 11.6 Å². The third-order valence-corrected chi connectivity index (χ3v) is 2.86. The van der Waals surface area contributed by atoms with Crippen molar-refractivity contribution in [2.24, 2.45) is 0 Å². The van der Waals surface area contributed by atoms with Crippen LogP contribution in [-0.2, 0) is 9.59 Å². The van der Waals surface area contributed by atoms with Crippen LogP contribution in [-0.4, -0.2) is 29.6 Å². The van der Waals surface area contributed by atoms with Crippen LogP contribution in [0.15, 0.2) is 42.0 Å². The fraction of sp³-hybridized carbons (Fsp3) is 0.200. The molecular weight excluding hydrogens is 258 g/mol. The second-order valence-electron chi connectivity index (χ2n) is 4.39. The molecule has 1 heterocycles. The van der Waals surface area contributed by atoms with Gasteiger partial charge < -0.3 is 15.2 Å². The zero-order valence-electron chi connectivity index (χ0n) is 11.0. The Kier molecular flexibility index (Phi) is 4.20. The maximum Gasteiger partial charge on any atom is 0.322 e. The highest BCUT2D eigenvalue weighted by atomic mass is 16.5. The van der Waals surface area contributed by atoms with E-state index in [0.29, 0.717) is 0 Å². The Morgan fingerprint density at radius 2 is 2.15 bits per heavy atom. The van der Waals surface area contributed by atoms with Crippen molar-refractivity contribution >= 4 is 18.0 Å². The summed E-state index contributed by atoms with van der Waals surface area (Å²) in [5.41, 5.74) is 1.81. The molecule has 0 aromatic heterocycles. The van der Waals surface area contributed by atoms with Gasteiger partial charge in [0.2, 0.25) is 5.91 Å². The van der Waals surface area contributed by atoms with E-state index in [2.05, 4.69) is 5.32 Å². The van der Waals surface area contributed by atoms with Crippen molar-refractivity contribution in [1.29, 1.82) is 0 Å². The summed E-state index contributed by atoms with van der Waals surface area (Å²) in [6.45, 7) is 1.50. The number of amides is 1. The van der Waals surface area contributed by atoms with Crippen molar-refractivity contribution in [2.45, 2.75) is 13.0 Å². The Morgan fingerprint density at radius 1 is 1.40 bits per heavy atom. The number of benzene rings is 1. The van der Waals surface area contributed by atoms with E-state index in [1.54, 1.807) is 6.08 Å². The Bertz CT molecular complexity index is 589. The van der Waals surface area contributed by atoms with Crippen LogP contribution in [0.2, 0.25) is 0 Å². The van der Waals surface area contributed by atoms with Gasteiger partial charge in [0.1, 0.15) is 18.4 Å². The van der Waals surface area contributed by atoms with Gasteiger partial charge in [-0.2, -0.15) is 0 Å². The highest BCUT2D eigenvalue weighted by molar-refractivity contribution is 5.90. The summed E-state index contributed by atoms with van der Waals surface area (Å²) in [5.74, 6) is -0.707. The molecular formula is C15H15NO4. The van der Waals surface area contributed by atoms with Gasteiger partial charge in [-0.25, -0.2) is 0 Å².